The Morgan fingerprint density at radius 2 is 2.38 bits per heavy atom. The number of hydrogen-bond acceptors (Lipinski definition) is 3. The van der Waals surface area contributed by atoms with Gasteiger partial charge in [0.25, 0.3) is 5.91 Å². The molecule has 16 heavy (non-hydrogen) atoms. The lowest BCUT2D eigenvalue weighted by atomic mass is 10.1. The first-order chi connectivity index (χ1) is 7.63. The summed E-state index contributed by atoms with van der Waals surface area (Å²) >= 11 is 0. The maximum absolute atomic E-state index is 11.6. The molecule has 0 spiro atoms. The van der Waals surface area contributed by atoms with Crippen LogP contribution in [0, 0.1) is 0 Å². The van der Waals surface area contributed by atoms with E-state index in [4.69, 9.17) is 5.11 Å². The number of aromatic amines is 1. The Morgan fingerprint density at radius 3 is 2.88 bits per heavy atom. The molecule has 6 nitrogen and oxygen atoms in total. The second-order valence-corrected chi connectivity index (χ2v) is 3.52. The maximum Gasteiger partial charge on any atom is 0.305 e. The van der Waals surface area contributed by atoms with Gasteiger partial charge in [-0.15, -0.1) is 0 Å². The van der Waals surface area contributed by atoms with Gasteiger partial charge in [-0.2, -0.15) is 0 Å². The summed E-state index contributed by atoms with van der Waals surface area (Å²) in [6.45, 7) is 1.94. The first-order valence-corrected chi connectivity index (χ1v) is 5.14. The molecule has 0 bridgehead atoms. The highest BCUT2D eigenvalue weighted by Crippen LogP contribution is 2.03. The molecule has 0 saturated carbocycles. The first-order valence-electron chi connectivity index (χ1n) is 5.14. The third-order valence-electron chi connectivity index (χ3n) is 2.14. The van der Waals surface area contributed by atoms with Crippen molar-refractivity contribution in [2.24, 2.45) is 0 Å². The minimum Gasteiger partial charge on any atom is -0.481 e. The molecule has 1 aromatic rings. The molecule has 3 N–H and O–H groups in total. The zero-order chi connectivity index (χ0) is 12.0. The standard InChI is InChI=1S/C10H15N3O3/c1-2-3-7(4-9(14)15)13-10(16)8-5-11-6-12-8/h5-7H,2-4H2,1H3,(H,11,12)(H,13,16)(H,14,15). The lowest BCUT2D eigenvalue weighted by Crippen LogP contribution is -2.36. The minimum absolute atomic E-state index is 0.0618. The van der Waals surface area contributed by atoms with Gasteiger partial charge in [0, 0.05) is 6.04 Å². The van der Waals surface area contributed by atoms with Crippen molar-refractivity contribution < 1.29 is 14.7 Å². The zero-order valence-electron chi connectivity index (χ0n) is 9.06. The predicted octanol–water partition coefficient (Wildman–Crippen LogP) is 0.783. The number of carboxylic acid groups (broad SMARTS) is 1. The molecular weight excluding hydrogens is 210 g/mol. The van der Waals surface area contributed by atoms with E-state index >= 15 is 0 Å². The van der Waals surface area contributed by atoms with Gasteiger partial charge in [-0.3, -0.25) is 9.59 Å². The van der Waals surface area contributed by atoms with Crippen LogP contribution in [0.5, 0.6) is 0 Å². The Kier molecular flexibility index (Phi) is 4.50. The number of carboxylic acids is 1. The number of aliphatic carboxylic acids is 1. The minimum atomic E-state index is -0.914. The Bertz CT molecular complexity index is 348. The number of nitrogens with zero attached hydrogens (tertiary/aromatic N) is 1. The number of carbonyl (C=O) groups excluding carboxylic acids is 1. The summed E-state index contributed by atoms with van der Waals surface area (Å²) in [5.41, 5.74) is 0.339. The SMILES string of the molecule is CCCC(CC(=O)O)NC(=O)c1cnc[nH]1. The van der Waals surface area contributed by atoms with E-state index in [1.807, 2.05) is 6.92 Å². The molecular formula is C10H15N3O3. The van der Waals surface area contributed by atoms with Gasteiger partial charge in [0.1, 0.15) is 5.69 Å². The van der Waals surface area contributed by atoms with Gasteiger partial charge in [0.05, 0.1) is 18.9 Å². The zero-order valence-corrected chi connectivity index (χ0v) is 9.06. The van der Waals surface area contributed by atoms with Crippen LogP contribution in [-0.2, 0) is 4.79 Å². The van der Waals surface area contributed by atoms with E-state index in [-0.39, 0.29) is 18.4 Å². The second-order valence-electron chi connectivity index (χ2n) is 3.52. The second kappa shape index (κ2) is 5.89. The van der Waals surface area contributed by atoms with Crippen LogP contribution in [0.15, 0.2) is 12.5 Å². The average Bonchev–Trinajstić information content (AvgIpc) is 2.69. The van der Waals surface area contributed by atoms with E-state index in [1.165, 1.54) is 12.5 Å². The summed E-state index contributed by atoms with van der Waals surface area (Å²) in [6, 6.07) is -0.335. The van der Waals surface area contributed by atoms with E-state index in [2.05, 4.69) is 15.3 Å². The highest BCUT2D eigenvalue weighted by Gasteiger charge is 2.16. The monoisotopic (exact) mass is 225 g/mol. The number of hydrogen-bond donors (Lipinski definition) is 3. The summed E-state index contributed by atoms with van der Waals surface area (Å²) in [5.74, 6) is -1.24. The molecule has 0 saturated heterocycles. The highest BCUT2D eigenvalue weighted by molar-refractivity contribution is 5.92. The lowest BCUT2D eigenvalue weighted by molar-refractivity contribution is -0.137. The van der Waals surface area contributed by atoms with Gasteiger partial charge >= 0.3 is 5.97 Å². The number of imidazole rings is 1. The predicted molar refractivity (Wildman–Crippen MR) is 57.0 cm³/mol. The molecule has 1 amide bonds. The highest BCUT2D eigenvalue weighted by atomic mass is 16.4. The summed E-state index contributed by atoms with van der Waals surface area (Å²) in [4.78, 5) is 28.6. The number of rotatable bonds is 6. The topological polar surface area (TPSA) is 95.1 Å². The van der Waals surface area contributed by atoms with Crippen molar-refractivity contribution in [1.29, 1.82) is 0 Å². The van der Waals surface area contributed by atoms with Crippen LogP contribution < -0.4 is 5.32 Å². The van der Waals surface area contributed by atoms with Crippen molar-refractivity contribution in [2.75, 3.05) is 0 Å². The van der Waals surface area contributed by atoms with Crippen LogP contribution in [0.25, 0.3) is 0 Å². The quantitative estimate of drug-likeness (QED) is 0.666. The van der Waals surface area contributed by atoms with Crippen molar-refractivity contribution in [3.63, 3.8) is 0 Å². The number of aromatic nitrogens is 2. The normalized spacial score (nSPS) is 12.1. The molecule has 1 aromatic heterocycles. The fraction of sp³-hybridized carbons (Fsp3) is 0.500. The Balaban J connectivity index is 2.54. The fourth-order valence-corrected chi connectivity index (χ4v) is 1.43. The molecule has 0 aliphatic carbocycles. The van der Waals surface area contributed by atoms with Crippen molar-refractivity contribution in [3.8, 4) is 0 Å². The number of carbonyl (C=O) groups is 2. The third kappa shape index (κ3) is 3.72. The van der Waals surface area contributed by atoms with Gasteiger partial charge in [0.15, 0.2) is 0 Å². The molecule has 1 heterocycles. The lowest BCUT2D eigenvalue weighted by Gasteiger charge is -2.15. The Labute approximate surface area is 93.1 Å². The number of amides is 1. The van der Waals surface area contributed by atoms with Gasteiger partial charge in [-0.1, -0.05) is 13.3 Å². The van der Waals surface area contributed by atoms with Crippen molar-refractivity contribution >= 4 is 11.9 Å². The molecule has 0 aromatic carbocycles. The Hall–Kier alpha value is -1.85. The van der Waals surface area contributed by atoms with Crippen LogP contribution in [-0.4, -0.2) is 33.0 Å². The summed E-state index contributed by atoms with van der Waals surface area (Å²) in [7, 11) is 0. The van der Waals surface area contributed by atoms with Gasteiger partial charge < -0.3 is 15.4 Å². The molecule has 1 unspecified atom stereocenters. The average molecular weight is 225 g/mol. The van der Waals surface area contributed by atoms with Crippen molar-refractivity contribution in [1.82, 2.24) is 15.3 Å². The maximum atomic E-state index is 11.6. The summed E-state index contributed by atoms with van der Waals surface area (Å²) in [6.07, 6.45) is 4.21. The van der Waals surface area contributed by atoms with E-state index in [9.17, 15) is 9.59 Å². The molecule has 0 radical (unpaired) electrons. The van der Waals surface area contributed by atoms with E-state index in [1.54, 1.807) is 0 Å². The van der Waals surface area contributed by atoms with Crippen LogP contribution in [0.4, 0.5) is 0 Å². The smallest absolute Gasteiger partial charge is 0.305 e. The van der Waals surface area contributed by atoms with Gasteiger partial charge in [-0.25, -0.2) is 4.98 Å². The molecule has 0 fully saturated rings. The molecule has 1 rings (SSSR count). The van der Waals surface area contributed by atoms with Crippen LogP contribution in [0.1, 0.15) is 36.7 Å². The van der Waals surface area contributed by atoms with Gasteiger partial charge in [-0.05, 0) is 6.42 Å². The van der Waals surface area contributed by atoms with Crippen LogP contribution in [0.3, 0.4) is 0 Å². The summed E-state index contributed by atoms with van der Waals surface area (Å²) < 4.78 is 0. The van der Waals surface area contributed by atoms with E-state index in [0.29, 0.717) is 12.1 Å². The summed E-state index contributed by atoms with van der Waals surface area (Å²) in [5, 5.41) is 11.3. The number of nitrogens with one attached hydrogen (secondary N) is 2. The molecule has 0 aliphatic heterocycles. The molecule has 1 atom stereocenters. The third-order valence-corrected chi connectivity index (χ3v) is 2.14. The Morgan fingerprint density at radius 1 is 1.62 bits per heavy atom. The van der Waals surface area contributed by atoms with Crippen molar-refractivity contribution in [2.45, 2.75) is 32.2 Å². The van der Waals surface area contributed by atoms with E-state index in [0.717, 1.165) is 6.42 Å². The first kappa shape index (κ1) is 12.2. The van der Waals surface area contributed by atoms with Crippen LogP contribution in [0.2, 0.25) is 0 Å². The fourth-order valence-electron chi connectivity index (χ4n) is 1.43. The van der Waals surface area contributed by atoms with Crippen LogP contribution >= 0.6 is 0 Å². The number of H-pyrrole nitrogens is 1. The van der Waals surface area contributed by atoms with Crippen molar-refractivity contribution in [3.05, 3.63) is 18.2 Å². The molecule has 88 valence electrons. The van der Waals surface area contributed by atoms with E-state index < -0.39 is 5.97 Å². The van der Waals surface area contributed by atoms with Gasteiger partial charge in [0.2, 0.25) is 0 Å². The molecule has 0 aliphatic rings. The molecule has 6 heteroatoms. The largest absolute Gasteiger partial charge is 0.481 e.